The molecule has 1 saturated heterocycles. The number of urea groups is 1. The van der Waals surface area contributed by atoms with Crippen molar-refractivity contribution in [3.63, 3.8) is 0 Å². The number of nitrogens with zero attached hydrogens (tertiary/aromatic N) is 3. The number of hydrogen-bond acceptors (Lipinski definition) is 4. The second-order valence-corrected chi connectivity index (χ2v) is 7.63. The van der Waals surface area contributed by atoms with Gasteiger partial charge in [0, 0.05) is 38.1 Å². The largest absolute Gasteiger partial charge is 0.330 e. The minimum Gasteiger partial charge on any atom is -0.330 e. The molecule has 1 aromatic heterocycles. The number of aryl methyl sites for hydroxylation is 1. The lowest BCUT2D eigenvalue weighted by molar-refractivity contribution is 0.145. The van der Waals surface area contributed by atoms with E-state index in [0.29, 0.717) is 0 Å². The highest BCUT2D eigenvalue weighted by Gasteiger charge is 2.22. The molecule has 0 radical (unpaired) electrons. The Morgan fingerprint density at radius 1 is 1.27 bits per heavy atom. The summed E-state index contributed by atoms with van der Waals surface area (Å²) in [5, 5.41) is 6.09. The van der Waals surface area contributed by atoms with Crippen molar-refractivity contribution in [2.75, 3.05) is 32.7 Å². The van der Waals surface area contributed by atoms with Gasteiger partial charge in [-0.25, -0.2) is 9.78 Å². The zero-order valence-corrected chi connectivity index (χ0v) is 16.2. The predicted octanol–water partition coefficient (Wildman–Crippen LogP) is 3.55. The van der Waals surface area contributed by atoms with Gasteiger partial charge in [-0.15, -0.1) is 11.3 Å². The molecule has 2 heterocycles. The molecule has 5 nitrogen and oxygen atoms in total. The molecular weight excluding hydrogens is 344 g/mol. The average molecular weight is 371 g/mol. The normalized spacial score (nSPS) is 16.8. The minimum atomic E-state index is -0.0562. The van der Waals surface area contributed by atoms with Crippen LogP contribution in [0.3, 0.4) is 0 Å². The highest BCUT2D eigenvalue weighted by molar-refractivity contribution is 7.09. The lowest BCUT2D eigenvalue weighted by Gasteiger charge is -2.34. The highest BCUT2D eigenvalue weighted by atomic mass is 32.1. The third-order valence-corrected chi connectivity index (χ3v) is 5.35. The van der Waals surface area contributed by atoms with Crippen LogP contribution in [0.5, 0.6) is 0 Å². The number of aromatic nitrogens is 1. The van der Waals surface area contributed by atoms with Crippen molar-refractivity contribution in [2.45, 2.75) is 19.9 Å². The fourth-order valence-corrected chi connectivity index (χ4v) is 3.67. The Balaban J connectivity index is 1.41. The van der Waals surface area contributed by atoms with Crippen LogP contribution in [0, 0.1) is 6.92 Å². The molecule has 6 heteroatoms. The molecule has 1 atom stereocenters. The lowest BCUT2D eigenvalue weighted by atomic mass is 10.2. The summed E-state index contributed by atoms with van der Waals surface area (Å²) in [6, 6.07) is 10.3. The van der Waals surface area contributed by atoms with E-state index in [4.69, 9.17) is 0 Å². The Bertz CT molecular complexity index is 735. The van der Waals surface area contributed by atoms with Crippen LogP contribution in [0.25, 0.3) is 6.08 Å². The number of piperazine rings is 1. The molecule has 138 valence electrons. The van der Waals surface area contributed by atoms with E-state index in [0.717, 1.165) is 43.4 Å². The van der Waals surface area contributed by atoms with Crippen LogP contribution in [-0.4, -0.2) is 53.5 Å². The molecule has 0 aliphatic carbocycles. The number of thiazole rings is 1. The van der Waals surface area contributed by atoms with E-state index in [9.17, 15) is 4.79 Å². The quantitative estimate of drug-likeness (QED) is 0.876. The Hall–Kier alpha value is -2.18. The first-order valence-corrected chi connectivity index (χ1v) is 9.91. The standard InChI is InChI=1S/C20H26N4OS/c1-16(19-15-26-17(2)22-19)21-20(25)24-13-11-23(12-14-24)10-6-9-18-7-4-3-5-8-18/h3-9,15-16H,10-14H2,1-2H3,(H,21,25). The molecule has 2 amide bonds. The zero-order chi connectivity index (χ0) is 18.4. The SMILES string of the molecule is Cc1nc(C(C)NC(=O)N2CCN(CC=Cc3ccccc3)CC2)cs1. The summed E-state index contributed by atoms with van der Waals surface area (Å²) in [4.78, 5) is 21.2. The van der Waals surface area contributed by atoms with E-state index in [1.165, 1.54) is 5.56 Å². The molecule has 1 aliphatic rings. The minimum absolute atomic E-state index is 0.00244. The zero-order valence-electron chi connectivity index (χ0n) is 15.4. The maximum Gasteiger partial charge on any atom is 0.318 e. The summed E-state index contributed by atoms with van der Waals surface area (Å²) in [5.41, 5.74) is 2.15. The van der Waals surface area contributed by atoms with Crippen LogP contribution in [-0.2, 0) is 0 Å². The van der Waals surface area contributed by atoms with Gasteiger partial charge in [-0.3, -0.25) is 4.90 Å². The van der Waals surface area contributed by atoms with Crippen molar-refractivity contribution >= 4 is 23.4 Å². The van der Waals surface area contributed by atoms with Gasteiger partial charge in [-0.1, -0.05) is 42.5 Å². The summed E-state index contributed by atoms with van der Waals surface area (Å²) in [6.07, 6.45) is 4.34. The molecule has 1 unspecified atom stereocenters. The summed E-state index contributed by atoms with van der Waals surface area (Å²) in [5.74, 6) is 0. The van der Waals surface area contributed by atoms with Gasteiger partial charge in [0.05, 0.1) is 16.7 Å². The number of hydrogen-bond donors (Lipinski definition) is 1. The van der Waals surface area contributed by atoms with E-state index >= 15 is 0 Å². The van der Waals surface area contributed by atoms with Gasteiger partial charge in [0.2, 0.25) is 0 Å². The van der Waals surface area contributed by atoms with Crippen molar-refractivity contribution in [3.8, 4) is 0 Å². The average Bonchev–Trinajstić information content (AvgIpc) is 3.10. The third-order valence-electron chi connectivity index (χ3n) is 4.55. The molecule has 26 heavy (non-hydrogen) atoms. The van der Waals surface area contributed by atoms with Gasteiger partial charge in [0.1, 0.15) is 0 Å². The molecule has 0 spiro atoms. The van der Waals surface area contributed by atoms with Crippen molar-refractivity contribution in [3.05, 3.63) is 58.1 Å². The first kappa shape index (κ1) is 18.6. The Morgan fingerprint density at radius 2 is 2.00 bits per heavy atom. The third kappa shape index (κ3) is 5.16. The van der Waals surface area contributed by atoms with E-state index in [1.807, 2.05) is 42.3 Å². The molecule has 1 fully saturated rings. The second-order valence-electron chi connectivity index (χ2n) is 6.56. The van der Waals surface area contributed by atoms with Gasteiger partial charge >= 0.3 is 6.03 Å². The van der Waals surface area contributed by atoms with Crippen LogP contribution in [0.1, 0.15) is 29.2 Å². The number of carbonyl (C=O) groups excluding carboxylic acids is 1. The number of amides is 2. The Labute approximate surface area is 159 Å². The Kier molecular flexibility index (Phi) is 6.41. The Morgan fingerprint density at radius 3 is 2.65 bits per heavy atom. The van der Waals surface area contributed by atoms with Gasteiger partial charge in [-0.2, -0.15) is 0 Å². The maximum absolute atomic E-state index is 12.5. The first-order valence-electron chi connectivity index (χ1n) is 9.03. The van der Waals surface area contributed by atoms with Crippen LogP contribution in [0.2, 0.25) is 0 Å². The van der Waals surface area contributed by atoms with Crippen LogP contribution >= 0.6 is 11.3 Å². The predicted molar refractivity (Wildman–Crippen MR) is 107 cm³/mol. The van der Waals surface area contributed by atoms with Crippen LogP contribution in [0.4, 0.5) is 4.79 Å². The van der Waals surface area contributed by atoms with Gasteiger partial charge in [-0.05, 0) is 19.4 Å². The molecule has 1 aromatic carbocycles. The first-order chi connectivity index (χ1) is 12.6. The van der Waals surface area contributed by atoms with Gasteiger partial charge in [0.15, 0.2) is 0 Å². The van der Waals surface area contributed by atoms with Crippen LogP contribution < -0.4 is 5.32 Å². The van der Waals surface area contributed by atoms with Crippen molar-refractivity contribution < 1.29 is 4.79 Å². The van der Waals surface area contributed by atoms with Crippen LogP contribution in [0.15, 0.2) is 41.8 Å². The smallest absolute Gasteiger partial charge is 0.318 e. The van der Waals surface area contributed by atoms with E-state index in [-0.39, 0.29) is 12.1 Å². The summed E-state index contributed by atoms with van der Waals surface area (Å²) >= 11 is 1.61. The summed E-state index contributed by atoms with van der Waals surface area (Å²) in [6.45, 7) is 8.19. The summed E-state index contributed by atoms with van der Waals surface area (Å²) in [7, 11) is 0. The number of rotatable bonds is 5. The molecule has 0 bridgehead atoms. The van der Waals surface area contributed by atoms with Gasteiger partial charge in [0.25, 0.3) is 0 Å². The topological polar surface area (TPSA) is 48.5 Å². The van der Waals surface area contributed by atoms with E-state index in [1.54, 1.807) is 11.3 Å². The lowest BCUT2D eigenvalue weighted by Crippen LogP contribution is -2.52. The highest BCUT2D eigenvalue weighted by Crippen LogP contribution is 2.16. The number of carbonyl (C=O) groups is 1. The monoisotopic (exact) mass is 370 g/mol. The number of benzene rings is 1. The number of nitrogens with one attached hydrogen (secondary N) is 1. The maximum atomic E-state index is 12.5. The van der Waals surface area contributed by atoms with Crippen molar-refractivity contribution in [1.29, 1.82) is 0 Å². The fourth-order valence-electron chi connectivity index (χ4n) is 2.97. The van der Waals surface area contributed by atoms with Crippen molar-refractivity contribution in [2.24, 2.45) is 0 Å². The van der Waals surface area contributed by atoms with E-state index < -0.39 is 0 Å². The van der Waals surface area contributed by atoms with Gasteiger partial charge < -0.3 is 10.2 Å². The fraction of sp³-hybridized carbons (Fsp3) is 0.400. The summed E-state index contributed by atoms with van der Waals surface area (Å²) < 4.78 is 0. The molecule has 1 N–H and O–H groups in total. The second kappa shape index (κ2) is 8.96. The molecule has 2 aromatic rings. The molecule has 3 rings (SSSR count). The molecular formula is C20H26N4OS. The molecule has 1 aliphatic heterocycles. The molecule has 0 saturated carbocycles. The van der Waals surface area contributed by atoms with E-state index in [2.05, 4.69) is 39.5 Å². The van der Waals surface area contributed by atoms with Crippen molar-refractivity contribution in [1.82, 2.24) is 20.1 Å².